The molecule has 1 heteroatoms. The van der Waals surface area contributed by atoms with Crippen molar-refractivity contribution in [3.63, 3.8) is 0 Å². The molecule has 0 N–H and O–H groups in total. The Morgan fingerprint density at radius 1 is 1.31 bits per heavy atom. The van der Waals surface area contributed by atoms with Gasteiger partial charge >= 0.3 is 0 Å². The van der Waals surface area contributed by atoms with Crippen LogP contribution in [0.5, 0.6) is 0 Å². The Kier molecular flexibility index (Phi) is 3.32. The number of hydrogen-bond acceptors (Lipinski definition) is 1. The molecule has 68 valence electrons. The fourth-order valence-corrected chi connectivity index (χ4v) is 1.11. The maximum atomic E-state index is 5.24. The van der Waals surface area contributed by atoms with E-state index in [1.54, 1.807) is 0 Å². The van der Waals surface area contributed by atoms with E-state index in [-0.39, 0.29) is 0 Å². The summed E-state index contributed by atoms with van der Waals surface area (Å²) in [6.07, 6.45) is 3.36. The van der Waals surface area contributed by atoms with Crippen molar-refractivity contribution < 1.29 is 4.74 Å². The lowest BCUT2D eigenvalue weighted by Gasteiger charge is -2.05. The maximum Gasteiger partial charge on any atom is 0.129 e. The highest BCUT2D eigenvalue weighted by molar-refractivity contribution is 5.59. The topological polar surface area (TPSA) is 9.23 Å². The van der Waals surface area contributed by atoms with Gasteiger partial charge in [0.25, 0.3) is 0 Å². The summed E-state index contributed by atoms with van der Waals surface area (Å²) >= 11 is 0. The van der Waals surface area contributed by atoms with Gasteiger partial charge in [0.2, 0.25) is 0 Å². The molecule has 0 amide bonds. The lowest BCUT2D eigenvalue weighted by atomic mass is 10.1. The van der Waals surface area contributed by atoms with Gasteiger partial charge in [0, 0.05) is 5.56 Å². The molecule has 0 bridgehead atoms. The van der Waals surface area contributed by atoms with Crippen molar-refractivity contribution in [1.29, 1.82) is 0 Å². The van der Waals surface area contributed by atoms with Crippen LogP contribution in [-0.4, -0.2) is 0 Å². The van der Waals surface area contributed by atoms with Crippen molar-refractivity contribution in [3.05, 3.63) is 54.3 Å². The Morgan fingerprint density at radius 2 is 1.92 bits per heavy atom. The van der Waals surface area contributed by atoms with Crippen molar-refractivity contribution in [2.75, 3.05) is 0 Å². The Bertz CT molecular complexity index is 306. The third-order valence-electron chi connectivity index (χ3n) is 1.81. The van der Waals surface area contributed by atoms with Crippen LogP contribution in [0.2, 0.25) is 0 Å². The van der Waals surface area contributed by atoms with Gasteiger partial charge in [-0.1, -0.05) is 36.4 Å². The van der Waals surface area contributed by atoms with Crippen LogP contribution in [0.15, 0.2) is 43.2 Å². The first-order chi connectivity index (χ1) is 6.27. The lowest BCUT2D eigenvalue weighted by molar-refractivity contribution is 0.438. The van der Waals surface area contributed by atoms with E-state index in [1.165, 1.54) is 11.8 Å². The van der Waals surface area contributed by atoms with Crippen LogP contribution in [0, 0.1) is 6.92 Å². The number of aryl methyl sites for hydroxylation is 1. The number of benzene rings is 1. The molecule has 0 aromatic heterocycles. The fourth-order valence-electron chi connectivity index (χ4n) is 1.11. The zero-order chi connectivity index (χ0) is 9.68. The summed E-state index contributed by atoms with van der Waals surface area (Å²) in [7, 11) is 0. The van der Waals surface area contributed by atoms with E-state index >= 15 is 0 Å². The van der Waals surface area contributed by atoms with Gasteiger partial charge in [-0.05, 0) is 19.9 Å². The molecule has 0 radical (unpaired) electrons. The van der Waals surface area contributed by atoms with Gasteiger partial charge in [-0.3, -0.25) is 0 Å². The summed E-state index contributed by atoms with van der Waals surface area (Å²) in [5.41, 5.74) is 2.32. The summed E-state index contributed by atoms with van der Waals surface area (Å²) in [6, 6.07) is 8.19. The summed E-state index contributed by atoms with van der Waals surface area (Å²) in [4.78, 5) is 0. The second-order valence-corrected chi connectivity index (χ2v) is 2.80. The minimum atomic E-state index is 0.843. The first kappa shape index (κ1) is 9.59. The number of hydrogen-bond donors (Lipinski definition) is 0. The van der Waals surface area contributed by atoms with Gasteiger partial charge in [-0.15, -0.1) is 0 Å². The van der Waals surface area contributed by atoms with Crippen LogP contribution in [0.3, 0.4) is 0 Å². The molecule has 0 spiro atoms. The summed E-state index contributed by atoms with van der Waals surface area (Å²) in [6.45, 7) is 7.53. The molecule has 1 aromatic rings. The van der Waals surface area contributed by atoms with Gasteiger partial charge in [-0.2, -0.15) is 0 Å². The van der Waals surface area contributed by atoms with E-state index in [4.69, 9.17) is 4.74 Å². The monoisotopic (exact) mass is 174 g/mol. The van der Waals surface area contributed by atoms with Crippen molar-refractivity contribution >= 4 is 5.76 Å². The Hall–Kier alpha value is -1.50. The molecule has 0 aliphatic heterocycles. The zero-order valence-electron chi connectivity index (χ0n) is 8.08. The van der Waals surface area contributed by atoms with E-state index < -0.39 is 0 Å². The van der Waals surface area contributed by atoms with E-state index in [2.05, 4.69) is 25.6 Å². The molecular weight excluding hydrogens is 160 g/mol. The van der Waals surface area contributed by atoms with Crippen LogP contribution in [-0.2, 0) is 4.74 Å². The average molecular weight is 174 g/mol. The molecule has 0 saturated carbocycles. The van der Waals surface area contributed by atoms with Crippen LogP contribution in [0.1, 0.15) is 18.1 Å². The first-order valence-corrected chi connectivity index (χ1v) is 4.29. The molecular formula is C12H14O. The molecule has 1 rings (SSSR count). The summed E-state index contributed by atoms with van der Waals surface area (Å²) in [5, 5.41) is 0. The quantitative estimate of drug-likeness (QED) is 0.637. The van der Waals surface area contributed by atoms with Crippen molar-refractivity contribution in [2.24, 2.45) is 0 Å². The second-order valence-electron chi connectivity index (χ2n) is 2.80. The van der Waals surface area contributed by atoms with Crippen LogP contribution >= 0.6 is 0 Å². The van der Waals surface area contributed by atoms with Crippen molar-refractivity contribution in [2.45, 2.75) is 13.8 Å². The fraction of sp³-hybridized carbons (Fsp3) is 0.167. The van der Waals surface area contributed by atoms with Crippen LogP contribution < -0.4 is 0 Å². The summed E-state index contributed by atoms with van der Waals surface area (Å²) in [5.74, 6) is 0.843. The molecule has 0 aliphatic carbocycles. The third-order valence-corrected chi connectivity index (χ3v) is 1.81. The zero-order valence-corrected chi connectivity index (χ0v) is 8.08. The third kappa shape index (κ3) is 2.48. The maximum absolute atomic E-state index is 5.24. The van der Waals surface area contributed by atoms with E-state index in [9.17, 15) is 0 Å². The molecule has 1 nitrogen and oxygen atoms in total. The van der Waals surface area contributed by atoms with Gasteiger partial charge in [0.1, 0.15) is 5.76 Å². The molecule has 0 unspecified atom stereocenters. The minimum absolute atomic E-state index is 0.843. The Morgan fingerprint density at radius 3 is 2.38 bits per heavy atom. The first-order valence-electron chi connectivity index (χ1n) is 4.29. The van der Waals surface area contributed by atoms with E-state index in [1.807, 2.05) is 25.1 Å². The lowest BCUT2D eigenvalue weighted by Crippen LogP contribution is -1.85. The summed E-state index contributed by atoms with van der Waals surface area (Å²) < 4.78 is 5.24. The molecule has 0 heterocycles. The van der Waals surface area contributed by atoms with Crippen molar-refractivity contribution in [3.8, 4) is 0 Å². The van der Waals surface area contributed by atoms with Crippen molar-refractivity contribution in [1.82, 2.24) is 0 Å². The Labute approximate surface area is 79.4 Å². The normalized spacial score (nSPS) is 11.1. The van der Waals surface area contributed by atoms with Crippen LogP contribution in [0.4, 0.5) is 0 Å². The van der Waals surface area contributed by atoms with Crippen LogP contribution in [0.25, 0.3) is 5.76 Å². The molecule has 0 atom stereocenters. The minimum Gasteiger partial charge on any atom is -0.465 e. The largest absolute Gasteiger partial charge is 0.465 e. The highest BCUT2D eigenvalue weighted by atomic mass is 16.5. The van der Waals surface area contributed by atoms with E-state index in [0.717, 1.165) is 11.3 Å². The number of rotatable bonds is 3. The Balaban J connectivity index is 2.92. The molecule has 0 saturated heterocycles. The average Bonchev–Trinajstić information content (AvgIpc) is 2.16. The molecule has 13 heavy (non-hydrogen) atoms. The predicted octanol–water partition coefficient (Wildman–Crippen LogP) is 3.52. The SMILES string of the molecule is C=CO/C(=C\C)c1ccc(C)cc1. The highest BCUT2D eigenvalue weighted by Gasteiger charge is 1.98. The molecule has 0 aliphatic rings. The molecule has 0 fully saturated rings. The number of allylic oxidation sites excluding steroid dienone is 1. The molecule has 1 aromatic carbocycles. The standard InChI is InChI=1S/C12H14O/c1-4-12(13-5-2)11-8-6-10(3)7-9-11/h4-9H,2H2,1,3H3/b12-4-. The smallest absolute Gasteiger partial charge is 0.129 e. The van der Waals surface area contributed by atoms with Gasteiger partial charge < -0.3 is 4.74 Å². The van der Waals surface area contributed by atoms with Gasteiger partial charge in [0.15, 0.2) is 0 Å². The van der Waals surface area contributed by atoms with Gasteiger partial charge in [-0.25, -0.2) is 0 Å². The van der Waals surface area contributed by atoms with Gasteiger partial charge in [0.05, 0.1) is 6.26 Å². The van der Waals surface area contributed by atoms with E-state index in [0.29, 0.717) is 0 Å². The second kappa shape index (κ2) is 4.51. The predicted molar refractivity (Wildman–Crippen MR) is 56.1 cm³/mol. The number of ether oxygens (including phenoxy) is 1. The highest BCUT2D eigenvalue weighted by Crippen LogP contribution is 2.16.